The molecule has 8 aromatic carbocycles. The van der Waals surface area contributed by atoms with Gasteiger partial charge in [0, 0.05) is 5.92 Å². The standard InChI is InChI=1S/C75H79NO14/c1-53-66(80-45-56-30-14-4-15-31-56)69(81-46-57-32-16-5-17-33-57)71(83-48-59-36-20-7-21-37-59)73(87-53)90-68-65(52-78-43-54-26-10-2-11-27-54)88-74(72(84-49-60-38-22-8-23-39-60)70(68)82-47-58-34-18-6-19-35-58)89-67-62-51-86-76(75(77)85-50-61-40-24-9-25-41-61)63(62)42-64(67)79-44-55-28-12-3-13-29-55/h2-41,53,62-74H,42-52H2,1H3/t53-,62+,63+,64+,65-,66-,67-,68-,69+,70+,71-,72-,73+,74-/m1/s1. The van der Waals surface area contributed by atoms with Crippen molar-refractivity contribution in [2.75, 3.05) is 13.2 Å². The Hall–Kier alpha value is -7.45. The summed E-state index contributed by atoms with van der Waals surface area (Å²) in [6, 6.07) is 79.2. The molecule has 1 saturated carbocycles. The highest BCUT2D eigenvalue weighted by Gasteiger charge is 2.58. The highest BCUT2D eigenvalue weighted by atomic mass is 16.8. The Kier molecular flexibility index (Phi) is 22.3. The molecule has 3 saturated heterocycles. The zero-order valence-electron chi connectivity index (χ0n) is 50.6. The van der Waals surface area contributed by atoms with Gasteiger partial charge in [0.1, 0.15) is 49.3 Å². The molecule has 0 unspecified atom stereocenters. The van der Waals surface area contributed by atoms with Crippen molar-refractivity contribution in [1.29, 1.82) is 0 Å². The fourth-order valence-corrected chi connectivity index (χ4v) is 12.2. The topological polar surface area (TPSA) is 140 Å². The Morgan fingerprint density at radius 2 is 0.733 bits per heavy atom. The van der Waals surface area contributed by atoms with Crippen LogP contribution in [0.15, 0.2) is 243 Å². The average molecular weight is 1220 g/mol. The average Bonchev–Trinajstić information content (AvgIpc) is 1.48. The van der Waals surface area contributed by atoms with Gasteiger partial charge in [0.05, 0.1) is 83.8 Å². The molecule has 3 heterocycles. The van der Waals surface area contributed by atoms with Gasteiger partial charge in [-0.1, -0.05) is 243 Å². The second kappa shape index (κ2) is 32.0. The Labute approximate surface area is 527 Å². The number of amides is 1. The summed E-state index contributed by atoms with van der Waals surface area (Å²) < 4.78 is 84.9. The third-order valence-corrected chi connectivity index (χ3v) is 16.9. The van der Waals surface area contributed by atoms with Crippen LogP contribution in [-0.2, 0) is 115 Å². The summed E-state index contributed by atoms with van der Waals surface area (Å²) in [6.07, 6.45) is -10.3. The van der Waals surface area contributed by atoms with Gasteiger partial charge in [0.25, 0.3) is 0 Å². The molecule has 0 N–H and O–H groups in total. The molecule has 12 rings (SSSR count). The lowest BCUT2D eigenvalue weighted by atomic mass is 9.95. The minimum Gasteiger partial charge on any atom is -0.443 e. The van der Waals surface area contributed by atoms with Gasteiger partial charge in [-0.05, 0) is 57.9 Å². The SMILES string of the molecule is C[C@H]1O[C@@H](O[C@H]2[C@H](OCc3ccccc3)[C@@H](OCc3ccccc3)[C@@H](O[C@@H]3[C@H]4CON(C(=O)OCc5ccccc5)[C@H]4C[C@@H]3OCc3ccccc3)O[C@@H]2COCc2ccccc2)[C@H](OCc2ccccc2)[C@@H](OCc2ccccc2)[C@@H]1OCc1ccccc1. The van der Waals surface area contributed by atoms with Gasteiger partial charge in [-0.15, -0.1) is 0 Å². The van der Waals surface area contributed by atoms with E-state index in [1.807, 2.05) is 250 Å². The maximum absolute atomic E-state index is 14.1. The van der Waals surface area contributed by atoms with Crippen molar-refractivity contribution in [1.82, 2.24) is 5.06 Å². The molecule has 3 aliphatic heterocycles. The summed E-state index contributed by atoms with van der Waals surface area (Å²) in [6.45, 7) is 3.90. The number of hydroxylamine groups is 2. The number of hydrogen-bond donors (Lipinski definition) is 0. The fourth-order valence-electron chi connectivity index (χ4n) is 12.2. The van der Waals surface area contributed by atoms with Crippen molar-refractivity contribution >= 4 is 6.09 Å². The predicted molar refractivity (Wildman–Crippen MR) is 335 cm³/mol. The van der Waals surface area contributed by atoms with E-state index in [1.165, 1.54) is 5.06 Å². The monoisotopic (exact) mass is 1220 g/mol. The Morgan fingerprint density at radius 3 is 1.17 bits per heavy atom. The molecule has 4 fully saturated rings. The lowest BCUT2D eigenvalue weighted by Gasteiger charge is -2.50. The smallest absolute Gasteiger partial charge is 0.434 e. The van der Waals surface area contributed by atoms with Gasteiger partial charge in [-0.25, -0.2) is 4.79 Å². The summed E-state index contributed by atoms with van der Waals surface area (Å²) >= 11 is 0. The maximum Gasteiger partial charge on any atom is 0.434 e. The van der Waals surface area contributed by atoms with E-state index in [4.69, 9.17) is 61.7 Å². The lowest BCUT2D eigenvalue weighted by Crippen LogP contribution is -2.66. The van der Waals surface area contributed by atoms with E-state index in [0.29, 0.717) is 19.6 Å². The zero-order chi connectivity index (χ0) is 61.1. The number of rotatable bonds is 28. The summed E-state index contributed by atoms with van der Waals surface area (Å²) in [7, 11) is 0. The summed E-state index contributed by atoms with van der Waals surface area (Å²) in [4.78, 5) is 20.3. The molecule has 0 radical (unpaired) electrons. The Balaban J connectivity index is 0.918. The molecule has 0 bridgehead atoms. The van der Waals surface area contributed by atoms with E-state index >= 15 is 0 Å². The van der Waals surface area contributed by atoms with Gasteiger partial charge >= 0.3 is 6.09 Å². The first-order valence-corrected chi connectivity index (χ1v) is 31.3. The third kappa shape index (κ3) is 16.7. The number of nitrogens with zero attached hydrogens (tertiary/aromatic N) is 1. The number of fused-ring (bicyclic) bond motifs is 1. The number of carbonyl (C=O) groups is 1. The van der Waals surface area contributed by atoms with E-state index in [0.717, 1.165) is 44.5 Å². The first kappa shape index (κ1) is 62.7. The van der Waals surface area contributed by atoms with E-state index in [1.54, 1.807) is 0 Å². The van der Waals surface area contributed by atoms with Crippen molar-refractivity contribution in [2.45, 2.75) is 146 Å². The van der Waals surface area contributed by atoms with E-state index < -0.39 is 85.8 Å². The maximum atomic E-state index is 14.1. The molecule has 90 heavy (non-hydrogen) atoms. The molecule has 0 spiro atoms. The second-order valence-corrected chi connectivity index (χ2v) is 23.2. The van der Waals surface area contributed by atoms with Crippen LogP contribution in [-0.4, -0.2) is 104 Å². The van der Waals surface area contributed by atoms with Gasteiger partial charge < -0.3 is 56.8 Å². The molecule has 4 aliphatic rings. The van der Waals surface area contributed by atoms with Crippen LogP contribution in [0.2, 0.25) is 0 Å². The molecule has 15 nitrogen and oxygen atoms in total. The highest BCUT2D eigenvalue weighted by Crippen LogP contribution is 2.44. The lowest BCUT2D eigenvalue weighted by molar-refractivity contribution is -0.380. The van der Waals surface area contributed by atoms with E-state index in [9.17, 15) is 4.79 Å². The van der Waals surface area contributed by atoms with Crippen LogP contribution in [0.25, 0.3) is 0 Å². The fraction of sp³-hybridized carbons (Fsp3) is 0.347. The Bertz CT molecular complexity index is 3350. The van der Waals surface area contributed by atoms with E-state index in [-0.39, 0.29) is 58.8 Å². The summed E-state index contributed by atoms with van der Waals surface area (Å²) in [5, 5.41) is 1.35. The van der Waals surface area contributed by atoms with Gasteiger partial charge in [0.2, 0.25) is 0 Å². The number of ether oxygens (including phenoxy) is 12. The van der Waals surface area contributed by atoms with Crippen molar-refractivity contribution < 1.29 is 66.5 Å². The molecule has 0 aromatic heterocycles. The zero-order valence-corrected chi connectivity index (χ0v) is 50.6. The van der Waals surface area contributed by atoms with Crippen LogP contribution >= 0.6 is 0 Å². The molecular weight excluding hydrogens is 1140 g/mol. The normalized spacial score (nSPS) is 26.4. The van der Waals surface area contributed by atoms with E-state index in [2.05, 4.69) is 0 Å². The van der Waals surface area contributed by atoms with Crippen LogP contribution in [0.3, 0.4) is 0 Å². The van der Waals surface area contributed by atoms with Crippen LogP contribution < -0.4 is 0 Å². The second-order valence-electron chi connectivity index (χ2n) is 23.2. The number of benzene rings is 8. The van der Waals surface area contributed by atoms with Crippen LogP contribution in [0, 0.1) is 5.92 Å². The first-order valence-electron chi connectivity index (χ1n) is 31.3. The van der Waals surface area contributed by atoms with Crippen molar-refractivity contribution in [3.8, 4) is 0 Å². The largest absolute Gasteiger partial charge is 0.443 e. The van der Waals surface area contributed by atoms with Crippen molar-refractivity contribution in [2.24, 2.45) is 5.92 Å². The third-order valence-electron chi connectivity index (χ3n) is 16.9. The summed E-state index contributed by atoms with van der Waals surface area (Å²) in [5.41, 5.74) is 7.59. The molecule has 8 aromatic rings. The van der Waals surface area contributed by atoms with Crippen LogP contribution in [0.1, 0.15) is 57.9 Å². The van der Waals surface area contributed by atoms with Crippen LogP contribution in [0.5, 0.6) is 0 Å². The van der Waals surface area contributed by atoms with Crippen molar-refractivity contribution in [3.63, 3.8) is 0 Å². The molecule has 1 amide bonds. The number of hydrogen-bond acceptors (Lipinski definition) is 14. The number of carbonyl (C=O) groups excluding carboxylic acids is 1. The predicted octanol–water partition coefficient (Wildman–Crippen LogP) is 12.9. The van der Waals surface area contributed by atoms with Gasteiger partial charge in [0.15, 0.2) is 12.6 Å². The Morgan fingerprint density at radius 1 is 0.389 bits per heavy atom. The first-order chi connectivity index (χ1) is 44.5. The summed E-state index contributed by atoms with van der Waals surface area (Å²) in [5.74, 6) is -0.372. The van der Waals surface area contributed by atoms with Crippen molar-refractivity contribution in [3.05, 3.63) is 287 Å². The van der Waals surface area contributed by atoms with Crippen LogP contribution in [0.4, 0.5) is 4.79 Å². The molecule has 1 aliphatic carbocycles. The molecule has 468 valence electrons. The highest BCUT2D eigenvalue weighted by molar-refractivity contribution is 5.67. The molecular formula is C75H79NO14. The minimum absolute atomic E-state index is 0.0272. The van der Waals surface area contributed by atoms with Gasteiger partial charge in [-0.2, -0.15) is 5.06 Å². The molecule has 14 atom stereocenters. The quantitative estimate of drug-likeness (QED) is 0.0459. The molecule has 15 heteroatoms. The van der Waals surface area contributed by atoms with Gasteiger partial charge in [-0.3, -0.25) is 4.84 Å². The minimum atomic E-state index is -1.14.